The van der Waals surface area contributed by atoms with Crippen molar-refractivity contribution < 1.29 is 28.6 Å². The molecule has 0 saturated carbocycles. The van der Waals surface area contributed by atoms with Crippen LogP contribution in [-0.4, -0.2) is 71.0 Å². The van der Waals surface area contributed by atoms with Crippen LogP contribution in [0.15, 0.2) is 72.8 Å². The topological polar surface area (TPSA) is 99.2 Å². The molecular weight excluding hydrogens is 573 g/mol. The molecule has 2 heterocycles. The molecule has 0 spiro atoms. The number of ether oxygens (including phenoxy) is 1. The van der Waals surface area contributed by atoms with Gasteiger partial charge in [-0.05, 0) is 80.0 Å². The first kappa shape index (κ1) is 32.2. The fourth-order valence-corrected chi connectivity index (χ4v) is 6.27. The van der Waals surface area contributed by atoms with Crippen LogP contribution in [0.2, 0.25) is 0 Å². The van der Waals surface area contributed by atoms with Crippen molar-refractivity contribution in [3.63, 3.8) is 0 Å². The Morgan fingerprint density at radius 1 is 0.933 bits per heavy atom. The van der Waals surface area contributed by atoms with Crippen LogP contribution in [0.1, 0.15) is 70.9 Å². The maximum atomic E-state index is 14.8. The molecule has 3 atom stereocenters. The van der Waals surface area contributed by atoms with Gasteiger partial charge in [0.05, 0.1) is 24.7 Å². The lowest BCUT2D eigenvalue weighted by Gasteiger charge is -2.37. The number of nitrogens with zero attached hydrogens (tertiary/aromatic N) is 2. The van der Waals surface area contributed by atoms with Crippen LogP contribution < -0.4 is 10.1 Å². The number of rotatable bonds is 6. The molecule has 4 bridgehead atoms. The highest BCUT2D eigenvalue weighted by Gasteiger charge is 2.38. The third kappa shape index (κ3) is 8.28. The first-order valence-electron chi connectivity index (χ1n) is 16.0. The molecule has 45 heavy (non-hydrogen) atoms. The van der Waals surface area contributed by atoms with Gasteiger partial charge in [-0.25, -0.2) is 4.39 Å². The molecule has 238 valence electrons. The average Bonchev–Trinajstić information content (AvgIpc) is 3.04. The molecule has 3 aromatic carbocycles. The lowest BCUT2D eigenvalue weighted by molar-refractivity contribution is -0.144. The highest BCUT2D eigenvalue weighted by Crippen LogP contribution is 2.27. The Morgan fingerprint density at radius 3 is 2.51 bits per heavy atom. The number of carbonyl (C=O) groups is 3. The summed E-state index contributed by atoms with van der Waals surface area (Å²) in [5.74, 6) is -1.71. The van der Waals surface area contributed by atoms with Crippen molar-refractivity contribution in [2.75, 3.05) is 26.2 Å². The van der Waals surface area contributed by atoms with E-state index in [1.807, 2.05) is 37.3 Å². The second-order valence-corrected chi connectivity index (χ2v) is 12.0. The number of benzene rings is 3. The predicted molar refractivity (Wildman–Crippen MR) is 169 cm³/mol. The summed E-state index contributed by atoms with van der Waals surface area (Å²) in [5, 5.41) is 14.7. The summed E-state index contributed by atoms with van der Waals surface area (Å²) >= 11 is 0. The number of nitrogens with one attached hydrogen (secondary N) is 1. The summed E-state index contributed by atoms with van der Waals surface area (Å²) in [5.41, 5.74) is 2.19. The van der Waals surface area contributed by atoms with Gasteiger partial charge in [0.15, 0.2) is 0 Å². The van der Waals surface area contributed by atoms with Gasteiger partial charge in [-0.3, -0.25) is 14.4 Å². The van der Waals surface area contributed by atoms with Gasteiger partial charge in [-0.15, -0.1) is 0 Å². The van der Waals surface area contributed by atoms with E-state index < -0.39 is 29.8 Å². The molecule has 1 fully saturated rings. The molecule has 3 aromatic rings. The smallest absolute Gasteiger partial charge is 0.253 e. The molecule has 1 saturated heterocycles. The number of likely N-dealkylation sites (tertiary alicyclic amines) is 1. The van der Waals surface area contributed by atoms with Crippen LogP contribution in [0.25, 0.3) is 0 Å². The molecule has 2 aliphatic rings. The van der Waals surface area contributed by atoms with Crippen molar-refractivity contribution in [1.29, 1.82) is 0 Å². The lowest BCUT2D eigenvalue weighted by Crippen LogP contribution is -2.53. The minimum absolute atomic E-state index is 0.0758. The highest BCUT2D eigenvalue weighted by molar-refractivity contribution is 5.99. The summed E-state index contributed by atoms with van der Waals surface area (Å²) in [7, 11) is 0. The Balaban J connectivity index is 1.45. The third-order valence-electron chi connectivity index (χ3n) is 8.56. The first-order chi connectivity index (χ1) is 21.8. The number of amides is 3. The summed E-state index contributed by atoms with van der Waals surface area (Å²) < 4.78 is 20.6. The van der Waals surface area contributed by atoms with Crippen molar-refractivity contribution in [1.82, 2.24) is 15.1 Å². The second kappa shape index (κ2) is 15.2. The van der Waals surface area contributed by atoms with Gasteiger partial charge in [0.1, 0.15) is 11.6 Å². The fraction of sp³-hybridized carbons (Fsp3) is 0.417. The minimum atomic E-state index is -1.24. The van der Waals surface area contributed by atoms with E-state index in [-0.39, 0.29) is 23.8 Å². The fourth-order valence-electron chi connectivity index (χ4n) is 6.27. The summed E-state index contributed by atoms with van der Waals surface area (Å²) in [4.78, 5) is 44.3. The number of fused-ring (bicyclic) bond motifs is 4. The normalized spacial score (nSPS) is 20.6. The van der Waals surface area contributed by atoms with Crippen LogP contribution >= 0.6 is 0 Å². The molecule has 5 rings (SSSR count). The minimum Gasteiger partial charge on any atom is -0.493 e. The molecular formula is C36H42FN3O5. The van der Waals surface area contributed by atoms with E-state index in [0.717, 1.165) is 12.0 Å². The highest BCUT2D eigenvalue weighted by atomic mass is 19.1. The number of hydrogen-bond acceptors (Lipinski definition) is 5. The van der Waals surface area contributed by atoms with Gasteiger partial charge in [0.25, 0.3) is 11.8 Å². The average molecular weight is 616 g/mol. The van der Waals surface area contributed by atoms with E-state index in [9.17, 15) is 23.9 Å². The van der Waals surface area contributed by atoms with Crippen molar-refractivity contribution >= 4 is 17.7 Å². The third-order valence-corrected chi connectivity index (χ3v) is 8.56. The Morgan fingerprint density at radius 2 is 1.71 bits per heavy atom. The largest absolute Gasteiger partial charge is 0.493 e. The van der Waals surface area contributed by atoms with Gasteiger partial charge in [0, 0.05) is 43.4 Å². The van der Waals surface area contributed by atoms with Gasteiger partial charge < -0.3 is 25.0 Å². The predicted octanol–water partition coefficient (Wildman–Crippen LogP) is 4.99. The molecule has 0 aliphatic carbocycles. The van der Waals surface area contributed by atoms with Gasteiger partial charge in [0.2, 0.25) is 5.91 Å². The Bertz CT molecular complexity index is 1480. The van der Waals surface area contributed by atoms with Crippen LogP contribution in [0.3, 0.4) is 0 Å². The molecule has 2 aliphatic heterocycles. The number of aliphatic hydroxyl groups excluding tert-OH is 1. The quantitative estimate of drug-likeness (QED) is 0.407. The van der Waals surface area contributed by atoms with E-state index in [0.29, 0.717) is 75.3 Å². The second-order valence-electron chi connectivity index (χ2n) is 12.0. The Kier molecular flexibility index (Phi) is 10.8. The van der Waals surface area contributed by atoms with Crippen molar-refractivity contribution in [3.05, 3.63) is 101 Å². The zero-order valence-electron chi connectivity index (χ0n) is 25.8. The van der Waals surface area contributed by atoms with Crippen LogP contribution in [0.5, 0.6) is 5.75 Å². The van der Waals surface area contributed by atoms with E-state index in [4.69, 9.17) is 4.74 Å². The van der Waals surface area contributed by atoms with Gasteiger partial charge >= 0.3 is 0 Å². The first-order valence-corrected chi connectivity index (χ1v) is 16.0. The Hall–Kier alpha value is -4.24. The molecule has 0 radical (unpaired) electrons. The van der Waals surface area contributed by atoms with Crippen molar-refractivity contribution in [2.24, 2.45) is 5.92 Å². The van der Waals surface area contributed by atoms with E-state index in [2.05, 4.69) is 5.32 Å². The SMILES string of the molecule is CCCN1CCCCOc2cc(F)cc(c2)CC(C(O)C2CCCN(Cc3ccccc3)C2=O)NC(=O)c2cccc(c2)C1=O. The summed E-state index contributed by atoms with van der Waals surface area (Å²) in [6, 6.07) is 19.7. The van der Waals surface area contributed by atoms with E-state index in [1.165, 1.54) is 12.1 Å². The lowest BCUT2D eigenvalue weighted by atomic mass is 9.85. The molecule has 8 nitrogen and oxygen atoms in total. The maximum absolute atomic E-state index is 14.8. The molecule has 3 amide bonds. The van der Waals surface area contributed by atoms with Crippen molar-refractivity contribution in [3.8, 4) is 5.75 Å². The monoisotopic (exact) mass is 615 g/mol. The summed E-state index contributed by atoms with van der Waals surface area (Å²) in [6.07, 6.45) is 2.18. The number of aliphatic hydroxyl groups is 1. The molecule has 0 aromatic heterocycles. The zero-order valence-corrected chi connectivity index (χ0v) is 25.8. The summed E-state index contributed by atoms with van der Waals surface area (Å²) in [6.45, 7) is 4.48. The zero-order chi connectivity index (χ0) is 31.8. The molecule has 2 N–H and O–H groups in total. The molecule has 9 heteroatoms. The number of hydrogen-bond donors (Lipinski definition) is 2. The van der Waals surface area contributed by atoms with Crippen LogP contribution in [0, 0.1) is 11.7 Å². The number of piperidine rings is 1. The number of carbonyl (C=O) groups excluding carboxylic acids is 3. The maximum Gasteiger partial charge on any atom is 0.253 e. The standard InChI is InChI=1S/C36H42FN3O5/c1-2-15-39-16-6-7-18-45-30-20-26(19-29(37)23-30)21-32(38-34(42)27-12-8-13-28(22-27)35(39)43)33(41)31-14-9-17-40(36(31)44)24-25-10-4-3-5-11-25/h3-5,8,10-13,19-20,22-23,31-33,41H,2,6-7,9,14-18,21,24H2,1H3,(H,38,42). The van der Waals surface area contributed by atoms with Crippen molar-refractivity contribution in [2.45, 2.75) is 64.1 Å². The van der Waals surface area contributed by atoms with E-state index >= 15 is 0 Å². The van der Waals surface area contributed by atoms with Gasteiger partial charge in [-0.1, -0.05) is 43.3 Å². The Labute approximate surface area is 264 Å². The molecule has 3 unspecified atom stereocenters. The van der Waals surface area contributed by atoms with Gasteiger partial charge in [-0.2, -0.15) is 0 Å². The van der Waals surface area contributed by atoms with Crippen LogP contribution in [0.4, 0.5) is 4.39 Å². The van der Waals surface area contributed by atoms with Crippen LogP contribution in [-0.2, 0) is 17.8 Å². The van der Waals surface area contributed by atoms with E-state index in [1.54, 1.807) is 40.1 Å². The number of halogens is 1.